The molecule has 0 rings (SSSR count). The van der Waals surface area contributed by atoms with Gasteiger partial charge in [0, 0.05) is 42.1 Å². The first kappa shape index (κ1) is 14.1. The Kier molecular flexibility index (Phi) is 8.43. The highest BCUT2D eigenvalue weighted by molar-refractivity contribution is 7.85. The second kappa shape index (κ2) is 8.38. The molecule has 0 amide bonds. The molecule has 0 spiro atoms. The van der Waals surface area contributed by atoms with E-state index in [0.717, 1.165) is 17.9 Å². The van der Waals surface area contributed by atoms with Crippen molar-refractivity contribution >= 4 is 10.8 Å². The molecule has 0 saturated carbocycles. The Balaban J connectivity index is 3.68. The van der Waals surface area contributed by atoms with Crippen molar-refractivity contribution in [1.29, 1.82) is 0 Å². The van der Waals surface area contributed by atoms with Crippen LogP contribution in [0, 0.1) is 5.92 Å². The third-order valence-corrected chi connectivity index (χ3v) is 3.74. The van der Waals surface area contributed by atoms with E-state index < -0.39 is 10.8 Å². The van der Waals surface area contributed by atoms with Crippen LogP contribution in [0.2, 0.25) is 0 Å². The topological polar surface area (TPSA) is 38.3 Å². The Morgan fingerprint density at radius 1 is 1.43 bits per heavy atom. The zero-order valence-electron chi connectivity index (χ0n) is 9.71. The van der Waals surface area contributed by atoms with Gasteiger partial charge in [0.05, 0.1) is 0 Å². The van der Waals surface area contributed by atoms with Crippen molar-refractivity contribution in [3.63, 3.8) is 0 Å². The summed E-state index contributed by atoms with van der Waals surface area (Å²) in [5.41, 5.74) is 0. The Labute approximate surface area is 90.1 Å². The van der Waals surface area contributed by atoms with Crippen molar-refractivity contribution in [2.45, 2.75) is 26.3 Å². The molecule has 0 bridgehead atoms. The Morgan fingerprint density at radius 2 is 2.07 bits per heavy atom. The predicted molar refractivity (Wildman–Crippen MR) is 62.1 cm³/mol. The summed E-state index contributed by atoms with van der Waals surface area (Å²) in [6.07, 6.45) is 0.887. The van der Waals surface area contributed by atoms with Crippen LogP contribution in [0.15, 0.2) is 0 Å². The molecule has 0 aromatic heterocycles. The monoisotopic (exact) mass is 221 g/mol. The fourth-order valence-electron chi connectivity index (χ4n) is 1.26. The molecule has 4 heteroatoms. The van der Waals surface area contributed by atoms with Gasteiger partial charge in [0.15, 0.2) is 0 Å². The number of rotatable bonds is 8. The molecule has 0 radical (unpaired) electrons. The van der Waals surface area contributed by atoms with Crippen LogP contribution in [0.5, 0.6) is 0 Å². The first-order valence-electron chi connectivity index (χ1n) is 5.13. The van der Waals surface area contributed by atoms with Crippen LogP contribution < -0.4 is 5.32 Å². The van der Waals surface area contributed by atoms with E-state index in [9.17, 15) is 4.21 Å². The number of hydrogen-bond acceptors (Lipinski definition) is 3. The number of ether oxygens (including phenoxy) is 1. The summed E-state index contributed by atoms with van der Waals surface area (Å²) in [7, 11) is 2.89. The summed E-state index contributed by atoms with van der Waals surface area (Å²) in [5.74, 6) is 2.03. The first-order valence-corrected chi connectivity index (χ1v) is 6.61. The number of methoxy groups -OCH3 is 1. The molecule has 14 heavy (non-hydrogen) atoms. The molecule has 0 aromatic rings. The highest BCUT2D eigenvalue weighted by Crippen LogP contribution is 2.03. The lowest BCUT2D eigenvalue weighted by atomic mass is 10.1. The SMILES string of the molecule is CNC(CS(=O)CCCOC)C(C)C. The van der Waals surface area contributed by atoms with Gasteiger partial charge in [-0.15, -0.1) is 0 Å². The minimum Gasteiger partial charge on any atom is -0.385 e. The van der Waals surface area contributed by atoms with Gasteiger partial charge in [0.1, 0.15) is 0 Å². The molecular weight excluding hydrogens is 198 g/mol. The van der Waals surface area contributed by atoms with Gasteiger partial charge in [-0.2, -0.15) is 0 Å². The van der Waals surface area contributed by atoms with E-state index in [-0.39, 0.29) is 0 Å². The minimum absolute atomic E-state index is 0.360. The van der Waals surface area contributed by atoms with E-state index in [0.29, 0.717) is 18.6 Å². The summed E-state index contributed by atoms with van der Waals surface area (Å²) >= 11 is 0. The lowest BCUT2D eigenvalue weighted by Crippen LogP contribution is -2.36. The van der Waals surface area contributed by atoms with Crippen LogP contribution >= 0.6 is 0 Å². The van der Waals surface area contributed by atoms with E-state index >= 15 is 0 Å². The highest BCUT2D eigenvalue weighted by Gasteiger charge is 2.13. The molecule has 0 saturated heterocycles. The van der Waals surface area contributed by atoms with Gasteiger partial charge in [-0.1, -0.05) is 13.8 Å². The maximum Gasteiger partial charge on any atom is 0.0471 e. The molecule has 0 heterocycles. The molecule has 2 atom stereocenters. The molecule has 0 fully saturated rings. The zero-order valence-corrected chi connectivity index (χ0v) is 10.5. The van der Waals surface area contributed by atoms with Crippen molar-refractivity contribution in [1.82, 2.24) is 5.32 Å². The molecule has 1 N–H and O–H groups in total. The summed E-state index contributed by atoms with van der Waals surface area (Å²) in [6, 6.07) is 0.360. The van der Waals surface area contributed by atoms with E-state index in [2.05, 4.69) is 19.2 Å². The van der Waals surface area contributed by atoms with E-state index in [1.54, 1.807) is 7.11 Å². The van der Waals surface area contributed by atoms with Gasteiger partial charge in [-0.3, -0.25) is 4.21 Å². The lowest BCUT2D eigenvalue weighted by molar-refractivity contribution is 0.200. The third-order valence-electron chi connectivity index (χ3n) is 2.26. The maximum atomic E-state index is 11.6. The standard InChI is InChI=1S/C10H23NO2S/c1-9(2)10(11-3)8-14(12)7-5-6-13-4/h9-11H,5-8H2,1-4H3. The van der Waals surface area contributed by atoms with Gasteiger partial charge in [-0.25, -0.2) is 0 Å². The van der Waals surface area contributed by atoms with Gasteiger partial charge in [-0.05, 0) is 19.4 Å². The molecule has 86 valence electrons. The van der Waals surface area contributed by atoms with Gasteiger partial charge >= 0.3 is 0 Å². The summed E-state index contributed by atoms with van der Waals surface area (Å²) in [4.78, 5) is 0. The molecular formula is C10H23NO2S. The quantitative estimate of drug-likeness (QED) is 0.622. The predicted octanol–water partition coefficient (Wildman–Crippen LogP) is 1.02. The number of hydrogen-bond donors (Lipinski definition) is 1. The maximum absolute atomic E-state index is 11.6. The molecule has 3 nitrogen and oxygen atoms in total. The van der Waals surface area contributed by atoms with E-state index in [1.807, 2.05) is 7.05 Å². The molecule has 0 aliphatic rings. The molecule has 0 aliphatic heterocycles. The average molecular weight is 221 g/mol. The van der Waals surface area contributed by atoms with E-state index in [4.69, 9.17) is 4.74 Å². The van der Waals surface area contributed by atoms with Crippen LogP contribution in [-0.4, -0.2) is 42.5 Å². The molecule has 2 unspecified atom stereocenters. The fourth-order valence-corrected chi connectivity index (χ4v) is 2.82. The van der Waals surface area contributed by atoms with Crippen molar-refractivity contribution in [3.8, 4) is 0 Å². The smallest absolute Gasteiger partial charge is 0.0471 e. The first-order chi connectivity index (χ1) is 6.61. The Hall–Kier alpha value is 0.0700. The van der Waals surface area contributed by atoms with Crippen LogP contribution in [0.1, 0.15) is 20.3 Å². The lowest BCUT2D eigenvalue weighted by Gasteiger charge is -2.19. The second-order valence-electron chi connectivity index (χ2n) is 3.80. The number of nitrogens with one attached hydrogen (secondary N) is 1. The van der Waals surface area contributed by atoms with Gasteiger partial charge in [0.25, 0.3) is 0 Å². The normalized spacial score (nSPS) is 15.8. The molecule has 0 aliphatic carbocycles. The van der Waals surface area contributed by atoms with Crippen LogP contribution in [0.4, 0.5) is 0 Å². The second-order valence-corrected chi connectivity index (χ2v) is 5.42. The highest BCUT2D eigenvalue weighted by atomic mass is 32.2. The van der Waals surface area contributed by atoms with Crippen molar-refractivity contribution in [2.24, 2.45) is 5.92 Å². The zero-order chi connectivity index (χ0) is 11.0. The average Bonchev–Trinajstić information content (AvgIpc) is 2.14. The fraction of sp³-hybridized carbons (Fsp3) is 1.00. The van der Waals surface area contributed by atoms with Crippen molar-refractivity contribution < 1.29 is 8.95 Å². The van der Waals surface area contributed by atoms with Crippen molar-refractivity contribution in [3.05, 3.63) is 0 Å². The Bertz CT molecular complexity index is 162. The summed E-state index contributed by atoms with van der Waals surface area (Å²) in [6.45, 7) is 5.00. The van der Waals surface area contributed by atoms with Crippen LogP contribution in [0.25, 0.3) is 0 Å². The van der Waals surface area contributed by atoms with Crippen LogP contribution in [-0.2, 0) is 15.5 Å². The molecule has 0 aromatic carbocycles. The Morgan fingerprint density at radius 3 is 2.50 bits per heavy atom. The minimum atomic E-state index is -0.715. The third kappa shape index (κ3) is 6.51. The van der Waals surface area contributed by atoms with Crippen LogP contribution in [0.3, 0.4) is 0 Å². The van der Waals surface area contributed by atoms with E-state index in [1.165, 1.54) is 0 Å². The summed E-state index contributed by atoms with van der Waals surface area (Å²) < 4.78 is 16.5. The largest absolute Gasteiger partial charge is 0.385 e. The van der Waals surface area contributed by atoms with Crippen molar-refractivity contribution in [2.75, 3.05) is 32.3 Å². The van der Waals surface area contributed by atoms with Gasteiger partial charge in [0.2, 0.25) is 0 Å². The van der Waals surface area contributed by atoms with Gasteiger partial charge < -0.3 is 10.1 Å². The summed E-state index contributed by atoms with van der Waals surface area (Å²) in [5, 5.41) is 3.20.